The first-order valence-corrected chi connectivity index (χ1v) is 27.0. The van der Waals surface area contributed by atoms with E-state index in [1.54, 1.807) is 0 Å². The van der Waals surface area contributed by atoms with Crippen LogP contribution in [0.15, 0.2) is 158 Å². The average Bonchev–Trinajstić information content (AvgIpc) is 3.35. The number of hydrogen-bond acceptors (Lipinski definition) is 6. The molecule has 0 amide bonds. The van der Waals surface area contributed by atoms with Crippen molar-refractivity contribution in [3.8, 4) is 0 Å². The molecule has 0 aliphatic heterocycles. The fourth-order valence-corrected chi connectivity index (χ4v) is 6.53. The molecule has 0 aromatic rings. The fraction of sp³-hybridized carbons (Fsp3) is 0.540. The predicted molar refractivity (Wildman–Crippen MR) is 297 cm³/mol. The van der Waals surface area contributed by atoms with E-state index in [2.05, 4.69) is 167 Å². The summed E-state index contributed by atoms with van der Waals surface area (Å²) >= 11 is 0. The topological polar surface area (TPSA) is 78.9 Å². The Morgan fingerprint density at radius 1 is 0.304 bits per heavy atom. The molecule has 0 aliphatic rings. The molecule has 1 unspecified atom stereocenters. The van der Waals surface area contributed by atoms with E-state index in [4.69, 9.17) is 14.2 Å². The first kappa shape index (κ1) is 64.0. The second kappa shape index (κ2) is 55.6. The zero-order valence-corrected chi connectivity index (χ0v) is 43.8. The van der Waals surface area contributed by atoms with Crippen molar-refractivity contribution in [3.05, 3.63) is 158 Å². The van der Waals surface area contributed by atoms with E-state index in [0.29, 0.717) is 19.3 Å². The molecular weight excluding hydrogens is 853 g/mol. The Morgan fingerprint density at radius 3 is 0.986 bits per heavy atom. The number of carbonyl (C=O) groups excluding carboxylic acids is 3. The fourth-order valence-electron chi connectivity index (χ4n) is 6.53. The first-order chi connectivity index (χ1) is 34.0. The smallest absolute Gasteiger partial charge is 0.306 e. The Balaban J connectivity index is 4.61. The van der Waals surface area contributed by atoms with Crippen molar-refractivity contribution in [3.63, 3.8) is 0 Å². The van der Waals surface area contributed by atoms with Gasteiger partial charge in [0.1, 0.15) is 13.2 Å². The Kier molecular flexibility index (Phi) is 51.6. The third-order valence-electron chi connectivity index (χ3n) is 10.5. The number of allylic oxidation sites excluding steroid dienone is 26. The van der Waals surface area contributed by atoms with E-state index in [9.17, 15) is 14.4 Å². The molecule has 0 bridgehead atoms. The van der Waals surface area contributed by atoms with Gasteiger partial charge in [-0.1, -0.05) is 211 Å². The van der Waals surface area contributed by atoms with Gasteiger partial charge in [-0.15, -0.1) is 0 Å². The summed E-state index contributed by atoms with van der Waals surface area (Å²) in [5.41, 5.74) is 0. The molecule has 0 N–H and O–H groups in total. The predicted octanol–water partition coefficient (Wildman–Crippen LogP) is 18.2. The van der Waals surface area contributed by atoms with E-state index >= 15 is 0 Å². The van der Waals surface area contributed by atoms with E-state index in [0.717, 1.165) is 141 Å². The van der Waals surface area contributed by atoms with Crippen LogP contribution in [0.4, 0.5) is 0 Å². The SMILES string of the molecule is CC/C=C\C/C=C\C/C=C\C/C=C\C/C=C\C/C=C\CCC(=O)OCC(COC(=O)CCCCCCC/C=C\C/C=C\CCC)OC(=O)CCCCC/C=C\C/C=C\C/C=C\C/C=C\C/C=C\CC. The van der Waals surface area contributed by atoms with Crippen LogP contribution in [-0.2, 0) is 28.6 Å². The molecule has 6 heteroatoms. The molecule has 0 saturated carbocycles. The Labute approximate surface area is 422 Å². The van der Waals surface area contributed by atoms with Crippen LogP contribution in [0.25, 0.3) is 0 Å². The number of carbonyl (C=O) groups is 3. The minimum atomic E-state index is -0.840. The third-order valence-corrected chi connectivity index (χ3v) is 10.5. The lowest BCUT2D eigenvalue weighted by Gasteiger charge is -2.18. The number of esters is 3. The van der Waals surface area contributed by atoms with Gasteiger partial charge in [0, 0.05) is 19.3 Å². The Morgan fingerprint density at radius 2 is 0.594 bits per heavy atom. The van der Waals surface area contributed by atoms with E-state index < -0.39 is 6.10 Å². The molecule has 0 aliphatic carbocycles. The molecule has 0 saturated heterocycles. The number of ether oxygens (including phenoxy) is 3. The Bertz CT molecular complexity index is 1610. The number of rotatable bonds is 46. The summed E-state index contributed by atoms with van der Waals surface area (Å²) < 4.78 is 16.7. The molecule has 1 atom stereocenters. The lowest BCUT2D eigenvalue weighted by molar-refractivity contribution is -0.166. The molecule has 384 valence electrons. The summed E-state index contributed by atoms with van der Waals surface area (Å²) in [6, 6.07) is 0. The van der Waals surface area contributed by atoms with Crippen LogP contribution in [0.2, 0.25) is 0 Å². The number of unbranched alkanes of at least 4 members (excludes halogenated alkanes) is 9. The van der Waals surface area contributed by atoms with Crippen molar-refractivity contribution in [1.82, 2.24) is 0 Å². The minimum Gasteiger partial charge on any atom is -0.462 e. The summed E-state index contributed by atoms with van der Waals surface area (Å²) in [6.07, 6.45) is 80.9. The van der Waals surface area contributed by atoms with Crippen LogP contribution in [0.1, 0.15) is 201 Å². The molecule has 0 heterocycles. The molecule has 0 aromatic heterocycles. The zero-order chi connectivity index (χ0) is 50.0. The van der Waals surface area contributed by atoms with Crippen LogP contribution in [-0.4, -0.2) is 37.2 Å². The maximum atomic E-state index is 12.8. The van der Waals surface area contributed by atoms with Gasteiger partial charge in [0.15, 0.2) is 6.10 Å². The molecule has 69 heavy (non-hydrogen) atoms. The third kappa shape index (κ3) is 53.8. The normalized spacial score (nSPS) is 13.4. The summed E-state index contributed by atoms with van der Waals surface area (Å²) in [5, 5.41) is 0. The van der Waals surface area contributed by atoms with E-state index in [1.807, 2.05) is 12.2 Å². The van der Waals surface area contributed by atoms with Gasteiger partial charge >= 0.3 is 17.9 Å². The highest BCUT2D eigenvalue weighted by atomic mass is 16.6. The van der Waals surface area contributed by atoms with Crippen LogP contribution < -0.4 is 0 Å². The molecule has 0 spiro atoms. The van der Waals surface area contributed by atoms with Gasteiger partial charge < -0.3 is 14.2 Å². The summed E-state index contributed by atoms with van der Waals surface area (Å²) in [6.45, 7) is 6.21. The van der Waals surface area contributed by atoms with Gasteiger partial charge in [-0.05, 0) is 128 Å². The maximum absolute atomic E-state index is 12.8. The van der Waals surface area contributed by atoms with Gasteiger partial charge in [0.25, 0.3) is 0 Å². The minimum absolute atomic E-state index is 0.130. The molecular formula is C63H96O6. The summed E-state index contributed by atoms with van der Waals surface area (Å²) in [5.74, 6) is -1.08. The molecule has 0 fully saturated rings. The first-order valence-electron chi connectivity index (χ1n) is 27.0. The highest BCUT2D eigenvalue weighted by Gasteiger charge is 2.19. The van der Waals surface area contributed by atoms with Crippen LogP contribution in [0.3, 0.4) is 0 Å². The van der Waals surface area contributed by atoms with Gasteiger partial charge in [-0.2, -0.15) is 0 Å². The van der Waals surface area contributed by atoms with Crippen molar-refractivity contribution in [2.45, 2.75) is 207 Å². The van der Waals surface area contributed by atoms with E-state index in [-0.39, 0.29) is 44.0 Å². The monoisotopic (exact) mass is 949 g/mol. The average molecular weight is 949 g/mol. The lowest BCUT2D eigenvalue weighted by atomic mass is 10.1. The molecule has 0 rings (SSSR count). The van der Waals surface area contributed by atoms with Crippen LogP contribution in [0.5, 0.6) is 0 Å². The van der Waals surface area contributed by atoms with Crippen molar-refractivity contribution < 1.29 is 28.6 Å². The van der Waals surface area contributed by atoms with Gasteiger partial charge in [-0.25, -0.2) is 0 Å². The highest BCUT2D eigenvalue weighted by Crippen LogP contribution is 2.11. The summed E-state index contributed by atoms with van der Waals surface area (Å²) in [7, 11) is 0. The molecule has 0 aromatic carbocycles. The second-order valence-electron chi connectivity index (χ2n) is 17.0. The van der Waals surface area contributed by atoms with Crippen molar-refractivity contribution in [2.75, 3.05) is 13.2 Å². The standard InChI is InChI=1S/C63H96O6/c1-4-7-10-13-16-19-22-25-27-29-31-33-35-38-41-44-47-50-53-56-62(65)68-59-60(58-67-61(64)55-52-49-46-43-40-37-24-21-18-15-12-9-6-3)69-63(66)57-54-51-48-45-42-39-36-34-32-30-28-26-23-20-17-14-11-8-5-2/h7-8,10-12,15-17,19-21,24-28,31-34,38-39,41-42,47,50,60H,4-6,9,13-14,18,22-23,29-30,35-37,40,43-46,48-49,51-59H2,1-3H3/b10-7-,11-8-,15-12-,19-16-,20-17-,24-21-,27-25-,28-26-,33-31-,34-32-,41-38-,42-39-,50-47-. The van der Waals surface area contributed by atoms with Crippen molar-refractivity contribution >= 4 is 17.9 Å². The number of hydrogen-bond donors (Lipinski definition) is 0. The second-order valence-corrected chi connectivity index (χ2v) is 17.0. The van der Waals surface area contributed by atoms with Crippen molar-refractivity contribution in [1.29, 1.82) is 0 Å². The quantitative estimate of drug-likeness (QED) is 0.0262. The lowest BCUT2D eigenvalue weighted by Crippen LogP contribution is -2.30. The Hall–Kier alpha value is -4.97. The van der Waals surface area contributed by atoms with Crippen molar-refractivity contribution in [2.24, 2.45) is 0 Å². The van der Waals surface area contributed by atoms with Gasteiger partial charge in [0.05, 0.1) is 0 Å². The van der Waals surface area contributed by atoms with Gasteiger partial charge in [-0.3, -0.25) is 14.4 Å². The van der Waals surface area contributed by atoms with Crippen LogP contribution in [0, 0.1) is 0 Å². The van der Waals surface area contributed by atoms with Gasteiger partial charge in [0.2, 0.25) is 0 Å². The molecule has 0 radical (unpaired) electrons. The highest BCUT2D eigenvalue weighted by molar-refractivity contribution is 5.71. The molecule has 6 nitrogen and oxygen atoms in total. The summed E-state index contributed by atoms with van der Waals surface area (Å²) in [4.78, 5) is 38.0. The largest absolute Gasteiger partial charge is 0.462 e. The zero-order valence-electron chi connectivity index (χ0n) is 43.8. The van der Waals surface area contributed by atoms with Crippen LogP contribution >= 0.6 is 0 Å². The maximum Gasteiger partial charge on any atom is 0.306 e. The van der Waals surface area contributed by atoms with E-state index in [1.165, 1.54) is 6.42 Å².